The topological polar surface area (TPSA) is 49.9 Å². The highest BCUT2D eigenvalue weighted by Crippen LogP contribution is 2.27. The summed E-state index contributed by atoms with van der Waals surface area (Å²) in [5.74, 6) is 1.84. The fourth-order valence-corrected chi connectivity index (χ4v) is 3.29. The maximum absolute atomic E-state index is 5.31. The number of hydrogen-bond donors (Lipinski definition) is 2. The lowest BCUT2D eigenvalue weighted by Crippen LogP contribution is -2.19. The fraction of sp³-hybridized carbons (Fsp3) is 0.250. The standard InChI is InChI=1S/C20H22BrN3O/c1-13-10-15(8-9-19(13)25-3)11-22-14(2)20-23-12-18(24-20)16-6-4-5-7-17(16)21/h4-10,12,14,22H,11H2,1-3H3,(H,23,24). The van der Waals surface area contributed by atoms with Gasteiger partial charge in [-0.05, 0) is 37.1 Å². The molecule has 0 fully saturated rings. The molecule has 2 N–H and O–H groups in total. The van der Waals surface area contributed by atoms with Crippen molar-refractivity contribution in [2.45, 2.75) is 26.4 Å². The van der Waals surface area contributed by atoms with Crippen molar-refractivity contribution in [2.24, 2.45) is 0 Å². The molecule has 1 unspecified atom stereocenters. The number of H-pyrrole nitrogens is 1. The average molecular weight is 400 g/mol. The van der Waals surface area contributed by atoms with Crippen LogP contribution in [0.4, 0.5) is 0 Å². The van der Waals surface area contributed by atoms with E-state index in [4.69, 9.17) is 4.74 Å². The van der Waals surface area contributed by atoms with E-state index in [-0.39, 0.29) is 6.04 Å². The van der Waals surface area contributed by atoms with Crippen molar-refractivity contribution >= 4 is 15.9 Å². The summed E-state index contributed by atoms with van der Waals surface area (Å²) in [4.78, 5) is 7.94. The number of ether oxygens (including phenoxy) is 1. The van der Waals surface area contributed by atoms with Gasteiger partial charge in [-0.1, -0.05) is 46.3 Å². The Morgan fingerprint density at radius 2 is 2.04 bits per heavy atom. The molecule has 1 aromatic heterocycles. The summed E-state index contributed by atoms with van der Waals surface area (Å²) in [5, 5.41) is 3.51. The molecular weight excluding hydrogens is 378 g/mol. The number of aromatic nitrogens is 2. The molecule has 0 aliphatic heterocycles. The first kappa shape index (κ1) is 17.7. The Labute approximate surface area is 156 Å². The van der Waals surface area contributed by atoms with Crippen molar-refractivity contribution in [1.29, 1.82) is 0 Å². The molecule has 0 aliphatic rings. The minimum atomic E-state index is 0.124. The third-order valence-corrected chi connectivity index (χ3v) is 4.93. The number of nitrogens with one attached hydrogen (secondary N) is 2. The molecule has 2 aromatic carbocycles. The zero-order valence-corrected chi connectivity index (χ0v) is 16.2. The number of rotatable bonds is 6. The van der Waals surface area contributed by atoms with Crippen molar-refractivity contribution in [3.05, 3.63) is 70.1 Å². The van der Waals surface area contributed by atoms with E-state index in [0.717, 1.165) is 39.4 Å². The van der Waals surface area contributed by atoms with Gasteiger partial charge in [0, 0.05) is 16.6 Å². The molecule has 25 heavy (non-hydrogen) atoms. The van der Waals surface area contributed by atoms with E-state index in [0.29, 0.717) is 0 Å². The van der Waals surface area contributed by atoms with Gasteiger partial charge in [0.15, 0.2) is 0 Å². The highest BCUT2D eigenvalue weighted by Gasteiger charge is 2.12. The number of aryl methyl sites for hydroxylation is 1. The molecule has 3 aromatic rings. The predicted octanol–water partition coefficient (Wildman–Crippen LogP) is 5.01. The number of imidazole rings is 1. The zero-order valence-electron chi connectivity index (χ0n) is 14.6. The van der Waals surface area contributed by atoms with Crippen molar-refractivity contribution < 1.29 is 4.74 Å². The summed E-state index contributed by atoms with van der Waals surface area (Å²) >= 11 is 3.59. The van der Waals surface area contributed by atoms with Gasteiger partial charge in [-0.2, -0.15) is 0 Å². The Bertz CT molecular complexity index is 860. The second kappa shape index (κ2) is 7.85. The van der Waals surface area contributed by atoms with Gasteiger partial charge in [-0.15, -0.1) is 0 Å². The molecule has 0 saturated heterocycles. The number of nitrogens with zero attached hydrogens (tertiary/aromatic N) is 1. The zero-order chi connectivity index (χ0) is 17.8. The summed E-state index contributed by atoms with van der Waals surface area (Å²) < 4.78 is 6.37. The minimum absolute atomic E-state index is 0.124. The normalized spacial score (nSPS) is 12.2. The molecule has 4 nitrogen and oxygen atoms in total. The van der Waals surface area contributed by atoms with Gasteiger partial charge in [0.1, 0.15) is 11.6 Å². The summed E-state index contributed by atoms with van der Waals surface area (Å²) in [6, 6.07) is 14.5. The van der Waals surface area contributed by atoms with Gasteiger partial charge in [0.25, 0.3) is 0 Å². The van der Waals surface area contributed by atoms with Crippen LogP contribution in [0.2, 0.25) is 0 Å². The number of benzene rings is 2. The summed E-state index contributed by atoms with van der Waals surface area (Å²) in [6.07, 6.45) is 1.88. The molecule has 0 spiro atoms. The third-order valence-electron chi connectivity index (χ3n) is 4.24. The first-order chi connectivity index (χ1) is 12.1. The molecule has 130 valence electrons. The van der Waals surface area contributed by atoms with E-state index in [2.05, 4.69) is 63.3 Å². The van der Waals surface area contributed by atoms with Gasteiger partial charge in [-0.3, -0.25) is 0 Å². The van der Waals surface area contributed by atoms with E-state index in [9.17, 15) is 0 Å². The summed E-state index contributed by atoms with van der Waals surface area (Å²) in [5.41, 5.74) is 4.49. The van der Waals surface area contributed by atoms with E-state index >= 15 is 0 Å². The monoisotopic (exact) mass is 399 g/mol. The number of methoxy groups -OCH3 is 1. The minimum Gasteiger partial charge on any atom is -0.496 e. The van der Waals surface area contributed by atoms with E-state index < -0.39 is 0 Å². The molecular formula is C20H22BrN3O. The van der Waals surface area contributed by atoms with E-state index in [1.165, 1.54) is 5.56 Å². The van der Waals surface area contributed by atoms with Crippen LogP contribution in [0, 0.1) is 6.92 Å². The largest absolute Gasteiger partial charge is 0.496 e. The molecule has 0 aliphatic carbocycles. The van der Waals surface area contributed by atoms with Crippen LogP contribution < -0.4 is 10.1 Å². The quantitative estimate of drug-likeness (QED) is 0.612. The van der Waals surface area contributed by atoms with Crippen molar-refractivity contribution in [2.75, 3.05) is 7.11 Å². The molecule has 1 heterocycles. The van der Waals surface area contributed by atoms with Crippen LogP contribution in [0.1, 0.15) is 29.9 Å². The molecule has 0 amide bonds. The molecule has 0 radical (unpaired) electrons. The molecule has 3 rings (SSSR count). The number of hydrogen-bond acceptors (Lipinski definition) is 3. The number of aromatic amines is 1. The molecule has 1 atom stereocenters. The van der Waals surface area contributed by atoms with Gasteiger partial charge in [0.05, 0.1) is 25.0 Å². The van der Waals surface area contributed by atoms with Gasteiger partial charge in [-0.25, -0.2) is 4.98 Å². The first-order valence-corrected chi connectivity index (χ1v) is 9.04. The fourth-order valence-electron chi connectivity index (χ4n) is 2.79. The van der Waals surface area contributed by atoms with Crippen molar-refractivity contribution in [3.8, 4) is 17.0 Å². The summed E-state index contributed by atoms with van der Waals surface area (Å²) in [6.45, 7) is 4.94. The van der Waals surface area contributed by atoms with Gasteiger partial charge >= 0.3 is 0 Å². The average Bonchev–Trinajstić information content (AvgIpc) is 3.10. The maximum atomic E-state index is 5.31. The van der Waals surface area contributed by atoms with Crippen LogP contribution in [0.15, 0.2) is 53.1 Å². The second-order valence-electron chi connectivity index (χ2n) is 6.07. The van der Waals surface area contributed by atoms with Crippen LogP contribution in [0.3, 0.4) is 0 Å². The predicted molar refractivity (Wildman–Crippen MR) is 105 cm³/mol. The van der Waals surface area contributed by atoms with Crippen LogP contribution in [-0.2, 0) is 6.54 Å². The lowest BCUT2D eigenvalue weighted by atomic mass is 10.1. The smallest absolute Gasteiger partial charge is 0.123 e. The Morgan fingerprint density at radius 1 is 1.24 bits per heavy atom. The highest BCUT2D eigenvalue weighted by molar-refractivity contribution is 9.10. The van der Waals surface area contributed by atoms with Crippen LogP contribution >= 0.6 is 15.9 Å². The highest BCUT2D eigenvalue weighted by atomic mass is 79.9. The van der Waals surface area contributed by atoms with Gasteiger partial charge in [0.2, 0.25) is 0 Å². The molecule has 5 heteroatoms. The Hall–Kier alpha value is -2.11. The Kier molecular flexibility index (Phi) is 5.56. The first-order valence-electron chi connectivity index (χ1n) is 8.25. The maximum Gasteiger partial charge on any atom is 0.123 e. The van der Waals surface area contributed by atoms with Crippen LogP contribution in [-0.4, -0.2) is 17.1 Å². The summed E-state index contributed by atoms with van der Waals surface area (Å²) in [7, 11) is 1.70. The molecule has 0 bridgehead atoms. The lowest BCUT2D eigenvalue weighted by Gasteiger charge is -2.13. The third kappa shape index (κ3) is 4.11. The SMILES string of the molecule is COc1ccc(CNC(C)c2ncc(-c3ccccc3Br)[nH]2)cc1C. The Morgan fingerprint density at radius 3 is 2.76 bits per heavy atom. The van der Waals surface area contributed by atoms with Crippen LogP contribution in [0.5, 0.6) is 5.75 Å². The number of halogens is 1. The lowest BCUT2D eigenvalue weighted by molar-refractivity contribution is 0.411. The van der Waals surface area contributed by atoms with Crippen LogP contribution in [0.25, 0.3) is 11.3 Å². The second-order valence-corrected chi connectivity index (χ2v) is 6.92. The van der Waals surface area contributed by atoms with E-state index in [1.54, 1.807) is 7.11 Å². The van der Waals surface area contributed by atoms with Crippen molar-refractivity contribution in [1.82, 2.24) is 15.3 Å². The van der Waals surface area contributed by atoms with Crippen molar-refractivity contribution in [3.63, 3.8) is 0 Å². The molecule has 0 saturated carbocycles. The Balaban J connectivity index is 1.67. The van der Waals surface area contributed by atoms with Gasteiger partial charge < -0.3 is 15.0 Å². The van der Waals surface area contributed by atoms with E-state index in [1.807, 2.05) is 30.5 Å².